The highest BCUT2D eigenvalue weighted by atomic mass is 32.2. The van der Waals surface area contributed by atoms with Crippen molar-refractivity contribution in [3.8, 4) is 11.5 Å². The molecule has 0 unspecified atom stereocenters. The number of hydrogen-bond acceptors (Lipinski definition) is 5. The number of ether oxygens (including phenoxy) is 2. The average Bonchev–Trinajstić information content (AvgIpc) is 3.12. The third-order valence-corrected chi connectivity index (χ3v) is 6.65. The zero-order valence-electron chi connectivity index (χ0n) is 12.7. The van der Waals surface area contributed by atoms with E-state index in [4.69, 9.17) is 9.47 Å². The number of likely N-dealkylation sites (N-methyl/N-ethyl adjacent to an activating group) is 1. The van der Waals surface area contributed by atoms with Gasteiger partial charge in [-0.3, -0.25) is 0 Å². The lowest BCUT2D eigenvalue weighted by atomic mass is 10.1. The number of sulfonamides is 1. The second kappa shape index (κ2) is 5.11. The zero-order chi connectivity index (χ0) is 15.3. The number of hydrogen-bond donors (Lipinski definition) is 0. The lowest BCUT2D eigenvalue weighted by Crippen LogP contribution is -2.47. The molecule has 0 saturated carbocycles. The van der Waals surface area contributed by atoms with E-state index < -0.39 is 10.0 Å². The zero-order valence-corrected chi connectivity index (χ0v) is 13.5. The summed E-state index contributed by atoms with van der Waals surface area (Å²) in [4.78, 5) is 2.51. The van der Waals surface area contributed by atoms with Crippen LogP contribution >= 0.6 is 0 Å². The SMILES string of the molecule is CN1CCN(S(=O)(=O)c2c3c(cc4c2OCC4)OCC3)CC1. The van der Waals surface area contributed by atoms with E-state index in [-0.39, 0.29) is 0 Å². The minimum atomic E-state index is -3.53. The van der Waals surface area contributed by atoms with Gasteiger partial charge in [-0.05, 0) is 13.1 Å². The van der Waals surface area contributed by atoms with Gasteiger partial charge in [0.15, 0.2) is 0 Å². The van der Waals surface area contributed by atoms with Crippen LogP contribution in [0.4, 0.5) is 0 Å². The van der Waals surface area contributed by atoms with Crippen LogP contribution < -0.4 is 9.47 Å². The van der Waals surface area contributed by atoms with E-state index in [9.17, 15) is 8.42 Å². The molecule has 1 fully saturated rings. The molecular weight excluding hydrogens is 304 g/mol. The smallest absolute Gasteiger partial charge is 0.247 e. The van der Waals surface area contributed by atoms with Crippen LogP contribution in [0.25, 0.3) is 0 Å². The minimum Gasteiger partial charge on any atom is -0.493 e. The van der Waals surface area contributed by atoms with Crippen LogP contribution in [0.2, 0.25) is 0 Å². The first kappa shape index (κ1) is 14.3. The summed E-state index contributed by atoms with van der Waals surface area (Å²) >= 11 is 0. The van der Waals surface area contributed by atoms with Crippen molar-refractivity contribution in [1.29, 1.82) is 0 Å². The van der Waals surface area contributed by atoms with Crippen LogP contribution in [0.1, 0.15) is 11.1 Å². The molecule has 0 aromatic heterocycles. The summed E-state index contributed by atoms with van der Waals surface area (Å²) in [7, 11) is -1.52. The fourth-order valence-electron chi connectivity index (χ4n) is 3.37. The third kappa shape index (κ3) is 2.11. The van der Waals surface area contributed by atoms with Gasteiger partial charge in [0, 0.05) is 50.1 Å². The fraction of sp³-hybridized carbons (Fsp3) is 0.600. The summed E-state index contributed by atoms with van der Waals surface area (Å²) in [6.07, 6.45) is 1.38. The molecule has 3 heterocycles. The first-order chi connectivity index (χ1) is 10.6. The summed E-state index contributed by atoms with van der Waals surface area (Å²) in [5.74, 6) is 1.28. The normalized spacial score (nSPS) is 22.0. The molecule has 4 rings (SSSR count). The van der Waals surface area contributed by atoms with E-state index in [2.05, 4.69) is 4.90 Å². The molecule has 1 saturated heterocycles. The number of fused-ring (bicyclic) bond motifs is 2. The van der Waals surface area contributed by atoms with Crippen LogP contribution in [-0.2, 0) is 22.9 Å². The van der Waals surface area contributed by atoms with E-state index in [1.165, 1.54) is 0 Å². The van der Waals surface area contributed by atoms with Crippen LogP contribution in [0, 0.1) is 0 Å². The Labute approximate surface area is 130 Å². The molecule has 0 amide bonds. The maximum Gasteiger partial charge on any atom is 0.247 e. The summed E-state index contributed by atoms with van der Waals surface area (Å²) < 4.78 is 39.3. The predicted molar refractivity (Wildman–Crippen MR) is 81.1 cm³/mol. The Bertz CT molecular complexity index is 676. The van der Waals surface area contributed by atoms with Crippen molar-refractivity contribution in [2.45, 2.75) is 17.7 Å². The van der Waals surface area contributed by atoms with Gasteiger partial charge in [0.2, 0.25) is 10.0 Å². The van der Waals surface area contributed by atoms with Crippen molar-refractivity contribution < 1.29 is 17.9 Å². The Morgan fingerprint density at radius 1 is 1.05 bits per heavy atom. The second-order valence-corrected chi connectivity index (χ2v) is 7.95. The molecular formula is C15H20N2O4S. The predicted octanol–water partition coefficient (Wildman–Crippen LogP) is 0.492. The molecule has 1 aromatic carbocycles. The Kier molecular flexibility index (Phi) is 3.32. The highest BCUT2D eigenvalue weighted by Gasteiger charge is 2.37. The Morgan fingerprint density at radius 2 is 1.77 bits per heavy atom. The number of piperazine rings is 1. The lowest BCUT2D eigenvalue weighted by molar-refractivity contribution is 0.222. The number of nitrogens with zero attached hydrogens (tertiary/aromatic N) is 2. The highest BCUT2D eigenvalue weighted by molar-refractivity contribution is 7.89. The maximum absolute atomic E-state index is 13.2. The van der Waals surface area contributed by atoms with Crippen LogP contribution in [0.15, 0.2) is 11.0 Å². The van der Waals surface area contributed by atoms with Gasteiger partial charge in [-0.25, -0.2) is 8.42 Å². The van der Waals surface area contributed by atoms with Crippen LogP contribution in [-0.4, -0.2) is 64.1 Å². The van der Waals surface area contributed by atoms with Crippen molar-refractivity contribution in [1.82, 2.24) is 9.21 Å². The summed E-state index contributed by atoms with van der Waals surface area (Å²) in [5.41, 5.74) is 1.74. The van der Waals surface area contributed by atoms with E-state index in [0.29, 0.717) is 43.4 Å². The highest BCUT2D eigenvalue weighted by Crippen LogP contribution is 2.44. The van der Waals surface area contributed by atoms with Crippen molar-refractivity contribution in [3.05, 3.63) is 17.2 Å². The van der Waals surface area contributed by atoms with Crippen LogP contribution in [0.5, 0.6) is 11.5 Å². The molecule has 7 heteroatoms. The molecule has 0 radical (unpaired) electrons. The summed E-state index contributed by atoms with van der Waals surface area (Å²) in [5, 5.41) is 0. The van der Waals surface area contributed by atoms with Crippen molar-refractivity contribution >= 4 is 10.0 Å². The van der Waals surface area contributed by atoms with Gasteiger partial charge < -0.3 is 14.4 Å². The largest absolute Gasteiger partial charge is 0.493 e. The molecule has 0 spiro atoms. The topological polar surface area (TPSA) is 59.1 Å². The number of rotatable bonds is 2. The molecule has 1 aromatic rings. The van der Waals surface area contributed by atoms with E-state index >= 15 is 0 Å². The van der Waals surface area contributed by atoms with Gasteiger partial charge in [0.25, 0.3) is 0 Å². The average molecular weight is 324 g/mol. The van der Waals surface area contributed by atoms with Gasteiger partial charge in [-0.2, -0.15) is 4.31 Å². The first-order valence-electron chi connectivity index (χ1n) is 7.70. The lowest BCUT2D eigenvalue weighted by Gasteiger charge is -2.32. The molecule has 3 aliphatic heterocycles. The molecule has 0 N–H and O–H groups in total. The standard InChI is InChI=1S/C15H20N2O4S/c1-16-4-6-17(7-5-16)22(18,19)15-12-3-9-20-13(12)10-11-2-8-21-14(11)15/h10H,2-9H2,1H3. The van der Waals surface area contributed by atoms with Gasteiger partial charge in [-0.1, -0.05) is 0 Å². The Morgan fingerprint density at radius 3 is 2.55 bits per heavy atom. The van der Waals surface area contributed by atoms with Gasteiger partial charge in [-0.15, -0.1) is 0 Å². The first-order valence-corrected chi connectivity index (χ1v) is 9.14. The molecule has 3 aliphatic rings. The molecule has 22 heavy (non-hydrogen) atoms. The van der Waals surface area contributed by atoms with Crippen molar-refractivity contribution in [3.63, 3.8) is 0 Å². The molecule has 0 aliphatic carbocycles. The molecule has 6 nitrogen and oxygen atoms in total. The third-order valence-electron chi connectivity index (χ3n) is 4.66. The van der Waals surface area contributed by atoms with E-state index in [1.54, 1.807) is 4.31 Å². The quantitative estimate of drug-likeness (QED) is 0.792. The fourth-order valence-corrected chi connectivity index (χ4v) is 5.21. The summed E-state index contributed by atoms with van der Waals surface area (Å²) in [6.45, 7) is 3.66. The number of benzene rings is 1. The van der Waals surface area contributed by atoms with Gasteiger partial charge in [0.05, 0.1) is 13.2 Å². The van der Waals surface area contributed by atoms with Gasteiger partial charge >= 0.3 is 0 Å². The Balaban J connectivity index is 1.82. The summed E-state index contributed by atoms with van der Waals surface area (Å²) in [6, 6.07) is 1.95. The van der Waals surface area contributed by atoms with Gasteiger partial charge in [0.1, 0.15) is 16.4 Å². The molecule has 120 valence electrons. The van der Waals surface area contributed by atoms with E-state index in [1.807, 2.05) is 13.1 Å². The van der Waals surface area contributed by atoms with Crippen molar-refractivity contribution in [2.24, 2.45) is 0 Å². The monoisotopic (exact) mass is 324 g/mol. The Hall–Kier alpha value is -1.31. The molecule has 0 atom stereocenters. The van der Waals surface area contributed by atoms with Crippen molar-refractivity contribution in [2.75, 3.05) is 46.4 Å². The maximum atomic E-state index is 13.2. The van der Waals surface area contributed by atoms with Crippen LogP contribution in [0.3, 0.4) is 0 Å². The van der Waals surface area contributed by atoms with E-state index in [0.717, 1.165) is 36.4 Å². The second-order valence-electron chi connectivity index (χ2n) is 6.07. The molecule has 0 bridgehead atoms. The minimum absolute atomic E-state index is 0.361.